The van der Waals surface area contributed by atoms with Crippen molar-refractivity contribution in [1.82, 2.24) is 10.6 Å². The van der Waals surface area contributed by atoms with E-state index in [1.807, 2.05) is 0 Å². The van der Waals surface area contributed by atoms with Gasteiger partial charge in [0.1, 0.15) is 0 Å². The molecule has 1 aliphatic heterocycles. The highest BCUT2D eigenvalue weighted by atomic mass is 14.9. The van der Waals surface area contributed by atoms with Gasteiger partial charge in [0, 0.05) is 0 Å². The van der Waals surface area contributed by atoms with Gasteiger partial charge in [-0.15, -0.1) is 0 Å². The van der Waals surface area contributed by atoms with E-state index in [1.54, 1.807) is 0 Å². The molecule has 2 N–H and O–H groups in total. The standard InChI is InChI=1S/C16H35N.C5H11N/c1-5-9-11-15(7-3)13-17-14-16(8-4)12-10-6-2;1-2-4-6-5-3-1/h15-17H,5-14H2,1-4H3;6H,1-5H2. The Kier molecular flexibility index (Phi) is 18.2. The van der Waals surface area contributed by atoms with Crippen molar-refractivity contribution >= 4 is 0 Å². The first kappa shape index (κ1) is 22.9. The smallest absolute Gasteiger partial charge is 0.00205 e. The van der Waals surface area contributed by atoms with Crippen LogP contribution in [0.15, 0.2) is 0 Å². The maximum Gasteiger partial charge on any atom is -0.00205 e. The van der Waals surface area contributed by atoms with Crippen LogP contribution in [0.1, 0.15) is 98.3 Å². The molecular formula is C21H46N2. The summed E-state index contributed by atoms with van der Waals surface area (Å²) in [5.41, 5.74) is 0. The van der Waals surface area contributed by atoms with Crippen molar-refractivity contribution in [3.63, 3.8) is 0 Å². The van der Waals surface area contributed by atoms with Gasteiger partial charge in [0.2, 0.25) is 0 Å². The Balaban J connectivity index is 0.000000664. The molecule has 140 valence electrons. The van der Waals surface area contributed by atoms with Gasteiger partial charge < -0.3 is 10.6 Å². The minimum atomic E-state index is 0.902. The molecule has 2 atom stereocenters. The van der Waals surface area contributed by atoms with Crippen molar-refractivity contribution in [3.8, 4) is 0 Å². The van der Waals surface area contributed by atoms with Crippen LogP contribution in [-0.2, 0) is 0 Å². The normalized spacial score (nSPS) is 17.2. The van der Waals surface area contributed by atoms with Crippen molar-refractivity contribution in [2.24, 2.45) is 11.8 Å². The van der Waals surface area contributed by atoms with E-state index in [2.05, 4.69) is 38.3 Å². The summed E-state index contributed by atoms with van der Waals surface area (Å²) in [7, 11) is 0. The first-order chi connectivity index (χ1) is 11.3. The van der Waals surface area contributed by atoms with Gasteiger partial charge in [0.25, 0.3) is 0 Å². The largest absolute Gasteiger partial charge is 0.317 e. The van der Waals surface area contributed by atoms with E-state index in [-0.39, 0.29) is 0 Å². The molecule has 0 aromatic rings. The number of hydrogen-bond acceptors (Lipinski definition) is 2. The summed E-state index contributed by atoms with van der Waals surface area (Å²) in [4.78, 5) is 0. The van der Waals surface area contributed by atoms with E-state index < -0.39 is 0 Å². The van der Waals surface area contributed by atoms with E-state index in [0.29, 0.717) is 0 Å². The zero-order valence-electron chi connectivity index (χ0n) is 16.8. The molecule has 0 aromatic heterocycles. The predicted octanol–water partition coefficient (Wildman–Crippen LogP) is 5.77. The summed E-state index contributed by atoms with van der Waals surface area (Å²) in [6, 6.07) is 0. The van der Waals surface area contributed by atoms with Crippen LogP contribution in [0.3, 0.4) is 0 Å². The predicted molar refractivity (Wildman–Crippen MR) is 106 cm³/mol. The highest BCUT2D eigenvalue weighted by Gasteiger charge is 2.08. The Morgan fingerprint density at radius 2 is 1.22 bits per heavy atom. The maximum atomic E-state index is 3.71. The first-order valence-electron chi connectivity index (χ1n) is 10.7. The minimum absolute atomic E-state index is 0.902. The Bertz CT molecular complexity index is 186. The molecule has 0 amide bonds. The van der Waals surface area contributed by atoms with E-state index in [9.17, 15) is 0 Å². The summed E-state index contributed by atoms with van der Waals surface area (Å²) >= 11 is 0. The van der Waals surface area contributed by atoms with Crippen LogP contribution >= 0.6 is 0 Å². The second-order valence-corrected chi connectivity index (χ2v) is 7.30. The lowest BCUT2D eigenvalue weighted by Crippen LogP contribution is -2.28. The molecule has 2 unspecified atom stereocenters. The van der Waals surface area contributed by atoms with E-state index in [1.165, 1.54) is 96.8 Å². The monoisotopic (exact) mass is 326 g/mol. The summed E-state index contributed by atoms with van der Waals surface area (Å²) in [6.45, 7) is 14.2. The quantitative estimate of drug-likeness (QED) is 0.476. The molecule has 0 spiro atoms. The zero-order valence-corrected chi connectivity index (χ0v) is 16.8. The number of rotatable bonds is 12. The molecule has 2 heteroatoms. The van der Waals surface area contributed by atoms with Gasteiger partial charge in [-0.3, -0.25) is 0 Å². The number of unbranched alkanes of at least 4 members (excludes halogenated alkanes) is 2. The molecule has 1 rings (SSSR count). The average molecular weight is 327 g/mol. The van der Waals surface area contributed by atoms with E-state index in [4.69, 9.17) is 0 Å². The van der Waals surface area contributed by atoms with Crippen LogP contribution in [-0.4, -0.2) is 26.2 Å². The third-order valence-electron chi connectivity index (χ3n) is 5.16. The molecule has 23 heavy (non-hydrogen) atoms. The van der Waals surface area contributed by atoms with E-state index >= 15 is 0 Å². The number of hydrogen-bond donors (Lipinski definition) is 2. The van der Waals surface area contributed by atoms with Crippen LogP contribution in [0.2, 0.25) is 0 Å². The van der Waals surface area contributed by atoms with Crippen molar-refractivity contribution < 1.29 is 0 Å². The Hall–Kier alpha value is -0.0800. The molecule has 1 aliphatic rings. The lowest BCUT2D eigenvalue weighted by Gasteiger charge is -2.19. The van der Waals surface area contributed by atoms with Crippen molar-refractivity contribution in [3.05, 3.63) is 0 Å². The van der Waals surface area contributed by atoms with Gasteiger partial charge in [-0.05, 0) is 63.7 Å². The van der Waals surface area contributed by atoms with Crippen LogP contribution in [0.5, 0.6) is 0 Å². The third-order valence-corrected chi connectivity index (χ3v) is 5.16. The molecule has 0 aromatic carbocycles. The fourth-order valence-corrected chi connectivity index (χ4v) is 3.18. The fourth-order valence-electron chi connectivity index (χ4n) is 3.18. The molecule has 0 aliphatic carbocycles. The highest BCUT2D eigenvalue weighted by molar-refractivity contribution is 4.65. The van der Waals surface area contributed by atoms with Gasteiger partial charge in [-0.1, -0.05) is 72.6 Å². The number of nitrogens with one attached hydrogen (secondary N) is 2. The van der Waals surface area contributed by atoms with Crippen LogP contribution in [0, 0.1) is 11.8 Å². The van der Waals surface area contributed by atoms with Gasteiger partial charge in [-0.2, -0.15) is 0 Å². The molecule has 0 radical (unpaired) electrons. The molecule has 1 fully saturated rings. The van der Waals surface area contributed by atoms with Crippen LogP contribution < -0.4 is 10.6 Å². The Labute approximate surface area is 147 Å². The average Bonchev–Trinajstić information content (AvgIpc) is 2.62. The Morgan fingerprint density at radius 1 is 0.739 bits per heavy atom. The molecule has 1 saturated heterocycles. The van der Waals surface area contributed by atoms with Crippen LogP contribution in [0.25, 0.3) is 0 Å². The van der Waals surface area contributed by atoms with Gasteiger partial charge in [0.05, 0.1) is 0 Å². The Morgan fingerprint density at radius 3 is 1.48 bits per heavy atom. The second-order valence-electron chi connectivity index (χ2n) is 7.30. The summed E-state index contributed by atoms with van der Waals surface area (Å²) in [5, 5.41) is 6.99. The minimum Gasteiger partial charge on any atom is -0.317 e. The SMILES string of the molecule is C1CCNCC1.CCCCC(CC)CNCC(CC)CCCC. The topological polar surface area (TPSA) is 24.1 Å². The number of piperidine rings is 1. The highest BCUT2D eigenvalue weighted by Crippen LogP contribution is 2.13. The van der Waals surface area contributed by atoms with Crippen molar-refractivity contribution in [2.45, 2.75) is 98.3 Å². The summed E-state index contributed by atoms with van der Waals surface area (Å²) in [6.07, 6.45) is 15.2. The molecule has 0 bridgehead atoms. The molecular weight excluding hydrogens is 280 g/mol. The molecule has 1 heterocycles. The van der Waals surface area contributed by atoms with Gasteiger partial charge in [-0.25, -0.2) is 0 Å². The van der Waals surface area contributed by atoms with Gasteiger partial charge in [0.15, 0.2) is 0 Å². The van der Waals surface area contributed by atoms with Gasteiger partial charge >= 0.3 is 0 Å². The van der Waals surface area contributed by atoms with Crippen molar-refractivity contribution in [1.29, 1.82) is 0 Å². The maximum absolute atomic E-state index is 3.71. The fraction of sp³-hybridized carbons (Fsp3) is 1.00. The molecule has 0 saturated carbocycles. The summed E-state index contributed by atoms with van der Waals surface area (Å²) < 4.78 is 0. The van der Waals surface area contributed by atoms with E-state index in [0.717, 1.165) is 11.8 Å². The second kappa shape index (κ2) is 18.3. The van der Waals surface area contributed by atoms with Crippen molar-refractivity contribution in [2.75, 3.05) is 26.2 Å². The third kappa shape index (κ3) is 15.2. The van der Waals surface area contributed by atoms with Crippen LogP contribution in [0.4, 0.5) is 0 Å². The zero-order chi connectivity index (χ0) is 17.2. The lowest BCUT2D eigenvalue weighted by atomic mass is 9.97. The first-order valence-corrected chi connectivity index (χ1v) is 10.7. The lowest BCUT2D eigenvalue weighted by molar-refractivity contribution is 0.372. The summed E-state index contributed by atoms with van der Waals surface area (Å²) in [5.74, 6) is 1.80. The molecule has 2 nitrogen and oxygen atoms in total.